The molecule has 3 heterocycles. The van der Waals surface area contributed by atoms with Crippen molar-refractivity contribution < 1.29 is 18.1 Å². The lowest BCUT2D eigenvalue weighted by molar-refractivity contribution is 0.00578. The van der Waals surface area contributed by atoms with Gasteiger partial charge in [-0.3, -0.25) is 0 Å². The molecular weight excluding hydrogens is 507 g/mol. The molecule has 0 atom stereocenters. The number of para-hydroxylation sites is 2. The van der Waals surface area contributed by atoms with Crippen molar-refractivity contribution in [3.05, 3.63) is 103 Å². The van der Waals surface area contributed by atoms with Crippen molar-refractivity contribution in [3.63, 3.8) is 0 Å². The second-order valence-corrected chi connectivity index (χ2v) is 12.0. The van der Waals surface area contributed by atoms with Crippen LogP contribution in [0.3, 0.4) is 0 Å². The van der Waals surface area contributed by atoms with Crippen molar-refractivity contribution in [1.82, 2.24) is 0 Å². The summed E-state index contributed by atoms with van der Waals surface area (Å²) in [5.41, 5.74) is 8.14. The summed E-state index contributed by atoms with van der Waals surface area (Å²) in [6, 6.07) is 35.6. The van der Waals surface area contributed by atoms with E-state index in [1.54, 1.807) is 0 Å². The van der Waals surface area contributed by atoms with Gasteiger partial charge in [0.2, 0.25) is 0 Å². The molecule has 5 heteroatoms. The summed E-state index contributed by atoms with van der Waals surface area (Å²) in [4.78, 5) is 0. The molecule has 0 bridgehead atoms. The summed E-state index contributed by atoms with van der Waals surface area (Å²) < 4.78 is 25.4. The van der Waals surface area contributed by atoms with E-state index in [4.69, 9.17) is 18.1 Å². The molecule has 0 aliphatic carbocycles. The highest BCUT2D eigenvalue weighted by Crippen LogP contribution is 2.45. The van der Waals surface area contributed by atoms with Gasteiger partial charge in [-0.2, -0.15) is 0 Å². The largest absolute Gasteiger partial charge is 0.494 e. The van der Waals surface area contributed by atoms with Gasteiger partial charge in [0.1, 0.15) is 22.3 Å². The van der Waals surface area contributed by atoms with Gasteiger partial charge in [-0.15, -0.1) is 0 Å². The molecule has 4 nitrogen and oxygen atoms in total. The van der Waals surface area contributed by atoms with Crippen molar-refractivity contribution in [1.29, 1.82) is 0 Å². The van der Waals surface area contributed by atoms with Crippen LogP contribution in [-0.4, -0.2) is 18.3 Å². The Labute approximate surface area is 238 Å². The van der Waals surface area contributed by atoms with Gasteiger partial charge in [0.05, 0.1) is 11.2 Å². The molecule has 0 N–H and O–H groups in total. The van der Waals surface area contributed by atoms with Gasteiger partial charge < -0.3 is 18.1 Å². The van der Waals surface area contributed by atoms with Crippen LogP contribution >= 0.6 is 0 Å². The summed E-state index contributed by atoms with van der Waals surface area (Å²) in [7, 11) is -0.395. The van der Waals surface area contributed by atoms with Crippen molar-refractivity contribution >= 4 is 56.5 Å². The van der Waals surface area contributed by atoms with Crippen LogP contribution < -0.4 is 5.46 Å². The highest BCUT2D eigenvalue weighted by Gasteiger charge is 2.51. The number of benzene rings is 5. The molecule has 7 aromatic rings. The Kier molecular flexibility index (Phi) is 5.13. The molecule has 2 aromatic heterocycles. The van der Waals surface area contributed by atoms with Crippen LogP contribution in [-0.2, 0) is 9.31 Å². The Morgan fingerprint density at radius 1 is 0.488 bits per heavy atom. The molecule has 0 saturated carbocycles. The molecule has 41 heavy (non-hydrogen) atoms. The van der Waals surface area contributed by atoms with Crippen molar-refractivity contribution in [2.45, 2.75) is 38.9 Å². The van der Waals surface area contributed by atoms with Crippen LogP contribution in [0.15, 0.2) is 112 Å². The average Bonchev–Trinajstić information content (AvgIpc) is 3.61. The van der Waals surface area contributed by atoms with E-state index in [0.29, 0.717) is 0 Å². The zero-order valence-corrected chi connectivity index (χ0v) is 23.5. The van der Waals surface area contributed by atoms with Gasteiger partial charge in [0, 0.05) is 27.1 Å². The fraction of sp³-hybridized carbons (Fsp3) is 0.167. The van der Waals surface area contributed by atoms with Crippen LogP contribution in [0.4, 0.5) is 0 Å². The van der Waals surface area contributed by atoms with Crippen molar-refractivity contribution in [2.75, 3.05) is 0 Å². The standard InChI is InChI=1S/C36H29BO4/c1-35(2)36(3,4)41-37(40-35)23-18-16-22(17-19-23)24-20-21-26(33-28-11-6-8-14-30(28)39-34(24)33)25-12-9-15-31-32(25)27-10-5-7-13-29(27)38-31/h5-21H,1-4H3. The predicted octanol–water partition coefficient (Wildman–Crippen LogP) is 9.12. The number of rotatable bonds is 3. The zero-order chi connectivity index (χ0) is 27.9. The first-order valence-corrected chi connectivity index (χ1v) is 14.1. The highest BCUT2D eigenvalue weighted by atomic mass is 16.7. The van der Waals surface area contributed by atoms with Crippen LogP contribution in [0.25, 0.3) is 66.1 Å². The highest BCUT2D eigenvalue weighted by molar-refractivity contribution is 6.62. The van der Waals surface area contributed by atoms with Gasteiger partial charge in [0.25, 0.3) is 0 Å². The minimum atomic E-state index is -0.395. The van der Waals surface area contributed by atoms with Gasteiger partial charge in [-0.05, 0) is 74.1 Å². The van der Waals surface area contributed by atoms with E-state index >= 15 is 0 Å². The third-order valence-corrected chi connectivity index (χ3v) is 8.97. The second-order valence-electron chi connectivity index (χ2n) is 12.0. The molecule has 5 aromatic carbocycles. The molecule has 0 radical (unpaired) electrons. The normalized spacial score (nSPS) is 16.4. The SMILES string of the molecule is CC1(C)OB(c2ccc(-c3ccc(-c4cccc5oc6ccccc6c45)c4c3oc3ccccc34)cc2)OC1(C)C. The quantitative estimate of drug-likeness (QED) is 0.211. The Hall–Kier alpha value is -4.32. The smallest absolute Gasteiger partial charge is 0.456 e. The summed E-state index contributed by atoms with van der Waals surface area (Å²) in [5.74, 6) is 0. The molecule has 0 amide bonds. The lowest BCUT2D eigenvalue weighted by Gasteiger charge is -2.32. The minimum absolute atomic E-state index is 0.379. The summed E-state index contributed by atoms with van der Waals surface area (Å²) in [5, 5.41) is 4.43. The molecule has 1 fully saturated rings. The second kappa shape index (κ2) is 8.59. The topological polar surface area (TPSA) is 44.7 Å². The number of hydrogen-bond acceptors (Lipinski definition) is 4. The van der Waals surface area contributed by atoms with Crippen molar-refractivity contribution in [3.8, 4) is 22.3 Å². The lowest BCUT2D eigenvalue weighted by atomic mass is 9.78. The zero-order valence-electron chi connectivity index (χ0n) is 23.5. The molecule has 1 saturated heterocycles. The van der Waals surface area contributed by atoms with E-state index < -0.39 is 7.12 Å². The third kappa shape index (κ3) is 3.63. The van der Waals surface area contributed by atoms with E-state index in [2.05, 4.69) is 100 Å². The van der Waals surface area contributed by atoms with Gasteiger partial charge in [-0.1, -0.05) is 78.9 Å². The fourth-order valence-corrected chi connectivity index (χ4v) is 6.08. The van der Waals surface area contributed by atoms with Crippen LogP contribution in [0.1, 0.15) is 27.7 Å². The van der Waals surface area contributed by atoms with Crippen LogP contribution in [0.2, 0.25) is 0 Å². The van der Waals surface area contributed by atoms with Crippen molar-refractivity contribution in [2.24, 2.45) is 0 Å². The number of furan rings is 2. The lowest BCUT2D eigenvalue weighted by Crippen LogP contribution is -2.41. The van der Waals surface area contributed by atoms with Gasteiger partial charge in [0.15, 0.2) is 0 Å². The monoisotopic (exact) mass is 536 g/mol. The Morgan fingerprint density at radius 2 is 1.05 bits per heavy atom. The van der Waals surface area contributed by atoms with E-state index in [1.165, 1.54) is 0 Å². The van der Waals surface area contributed by atoms with E-state index in [0.717, 1.165) is 71.6 Å². The molecule has 200 valence electrons. The average molecular weight is 536 g/mol. The Morgan fingerprint density at radius 3 is 1.76 bits per heavy atom. The van der Waals surface area contributed by atoms with Crippen LogP contribution in [0.5, 0.6) is 0 Å². The number of fused-ring (bicyclic) bond motifs is 6. The maximum atomic E-state index is 6.59. The maximum Gasteiger partial charge on any atom is 0.494 e. The van der Waals surface area contributed by atoms with Gasteiger partial charge in [-0.25, -0.2) is 0 Å². The number of hydrogen-bond donors (Lipinski definition) is 0. The molecule has 1 aliphatic rings. The summed E-state index contributed by atoms with van der Waals surface area (Å²) in [6.45, 7) is 8.31. The summed E-state index contributed by atoms with van der Waals surface area (Å²) >= 11 is 0. The molecule has 8 rings (SSSR count). The first-order chi connectivity index (χ1) is 19.8. The molecule has 1 aliphatic heterocycles. The minimum Gasteiger partial charge on any atom is -0.456 e. The first kappa shape index (κ1) is 24.5. The Bertz CT molecular complexity index is 2100. The predicted molar refractivity (Wildman–Crippen MR) is 168 cm³/mol. The van der Waals surface area contributed by atoms with Gasteiger partial charge >= 0.3 is 7.12 Å². The summed E-state index contributed by atoms with van der Waals surface area (Å²) in [6.07, 6.45) is 0. The van der Waals surface area contributed by atoms with E-state index in [9.17, 15) is 0 Å². The van der Waals surface area contributed by atoms with E-state index in [1.807, 2.05) is 30.3 Å². The van der Waals surface area contributed by atoms with Crippen LogP contribution in [0, 0.1) is 0 Å². The Balaban J connectivity index is 1.31. The molecular formula is C36H29BO4. The van der Waals surface area contributed by atoms with E-state index in [-0.39, 0.29) is 11.2 Å². The third-order valence-electron chi connectivity index (χ3n) is 8.97. The first-order valence-electron chi connectivity index (χ1n) is 14.1. The molecule has 0 unspecified atom stereocenters. The fourth-order valence-electron chi connectivity index (χ4n) is 6.08. The molecule has 0 spiro atoms. The maximum absolute atomic E-state index is 6.59.